The second-order valence-electron chi connectivity index (χ2n) is 6.23. The SMILES string of the molecule is Cc1ccc(NS(=O)(=O)c2ccc3c(c2)CN(C(=O)C(F)(F)F)CC3)nc1. The van der Waals surface area contributed by atoms with E-state index in [0.29, 0.717) is 16.0 Å². The quantitative estimate of drug-likeness (QED) is 0.861. The Morgan fingerprint density at radius 2 is 1.93 bits per heavy atom. The van der Waals surface area contributed by atoms with Crippen LogP contribution in [0.3, 0.4) is 0 Å². The summed E-state index contributed by atoms with van der Waals surface area (Å²) in [5.41, 5.74) is 1.95. The molecule has 1 N–H and O–H groups in total. The topological polar surface area (TPSA) is 79.4 Å². The number of halogens is 3. The van der Waals surface area contributed by atoms with Crippen LogP contribution in [-0.4, -0.2) is 36.9 Å². The van der Waals surface area contributed by atoms with E-state index in [-0.39, 0.29) is 30.2 Å². The summed E-state index contributed by atoms with van der Waals surface area (Å²) in [5.74, 6) is -1.80. The van der Waals surface area contributed by atoms with Crippen molar-refractivity contribution in [3.63, 3.8) is 0 Å². The lowest BCUT2D eigenvalue weighted by atomic mass is 10.00. The summed E-state index contributed by atoms with van der Waals surface area (Å²) in [5, 5.41) is 0. The average Bonchev–Trinajstić information content (AvgIpc) is 2.61. The Morgan fingerprint density at radius 1 is 1.19 bits per heavy atom. The van der Waals surface area contributed by atoms with E-state index in [1.54, 1.807) is 12.1 Å². The number of hydrogen-bond donors (Lipinski definition) is 1. The Kier molecular flexibility index (Phi) is 4.85. The van der Waals surface area contributed by atoms with E-state index >= 15 is 0 Å². The Balaban J connectivity index is 1.85. The molecule has 3 rings (SSSR count). The van der Waals surface area contributed by atoms with Crippen LogP contribution in [0.2, 0.25) is 0 Å². The molecule has 10 heteroatoms. The van der Waals surface area contributed by atoms with Crippen LogP contribution in [0.5, 0.6) is 0 Å². The maximum Gasteiger partial charge on any atom is 0.471 e. The molecule has 0 radical (unpaired) electrons. The number of carbonyl (C=O) groups is 1. The van der Waals surface area contributed by atoms with Gasteiger partial charge in [-0.25, -0.2) is 13.4 Å². The number of alkyl halides is 3. The van der Waals surface area contributed by atoms with Gasteiger partial charge in [0.2, 0.25) is 0 Å². The second kappa shape index (κ2) is 6.84. The lowest BCUT2D eigenvalue weighted by molar-refractivity contribution is -0.186. The fourth-order valence-electron chi connectivity index (χ4n) is 2.78. The van der Waals surface area contributed by atoms with Crippen molar-refractivity contribution in [2.24, 2.45) is 0 Å². The smallest absolute Gasteiger partial charge is 0.330 e. The molecule has 0 aliphatic carbocycles. The molecule has 6 nitrogen and oxygen atoms in total. The van der Waals surface area contributed by atoms with Gasteiger partial charge in [0.1, 0.15) is 5.82 Å². The third kappa shape index (κ3) is 4.21. The monoisotopic (exact) mass is 399 g/mol. The van der Waals surface area contributed by atoms with Crippen molar-refractivity contribution in [1.82, 2.24) is 9.88 Å². The summed E-state index contributed by atoms with van der Waals surface area (Å²) < 4.78 is 65.3. The van der Waals surface area contributed by atoms with Crippen molar-refractivity contribution in [3.8, 4) is 0 Å². The first-order valence-electron chi connectivity index (χ1n) is 8.00. The van der Waals surface area contributed by atoms with E-state index in [1.165, 1.54) is 24.4 Å². The first kappa shape index (κ1) is 19.2. The highest BCUT2D eigenvalue weighted by Gasteiger charge is 2.43. The third-order valence-electron chi connectivity index (χ3n) is 4.18. The van der Waals surface area contributed by atoms with Gasteiger partial charge in [-0.2, -0.15) is 13.2 Å². The molecule has 1 aliphatic heterocycles. The highest BCUT2D eigenvalue weighted by atomic mass is 32.2. The van der Waals surface area contributed by atoms with Crippen molar-refractivity contribution in [3.05, 3.63) is 53.2 Å². The normalized spacial score (nSPS) is 14.6. The maximum atomic E-state index is 12.6. The van der Waals surface area contributed by atoms with Crippen LogP contribution >= 0.6 is 0 Å². The van der Waals surface area contributed by atoms with Crippen molar-refractivity contribution in [2.75, 3.05) is 11.3 Å². The molecule has 0 bridgehead atoms. The number of aryl methyl sites for hydroxylation is 1. The predicted octanol–water partition coefficient (Wildman–Crippen LogP) is 2.64. The van der Waals surface area contributed by atoms with Gasteiger partial charge in [0.25, 0.3) is 10.0 Å². The molecule has 0 fully saturated rings. The van der Waals surface area contributed by atoms with Crippen LogP contribution in [0.15, 0.2) is 41.4 Å². The zero-order valence-corrected chi connectivity index (χ0v) is 15.1. The minimum Gasteiger partial charge on any atom is -0.330 e. The molecular weight excluding hydrogens is 383 g/mol. The molecule has 1 amide bonds. The van der Waals surface area contributed by atoms with E-state index in [1.807, 2.05) is 6.92 Å². The third-order valence-corrected chi connectivity index (χ3v) is 5.53. The number of aromatic nitrogens is 1. The number of anilines is 1. The first-order valence-corrected chi connectivity index (χ1v) is 9.48. The fraction of sp³-hybridized carbons (Fsp3) is 0.294. The number of rotatable bonds is 3. The number of nitrogens with zero attached hydrogens (tertiary/aromatic N) is 2. The molecule has 2 heterocycles. The Hall–Kier alpha value is -2.62. The molecule has 0 saturated heterocycles. The maximum absolute atomic E-state index is 12.6. The van der Waals surface area contributed by atoms with Crippen LogP contribution in [0.4, 0.5) is 19.0 Å². The minimum absolute atomic E-state index is 0.0665. The van der Waals surface area contributed by atoms with Gasteiger partial charge in [0, 0.05) is 19.3 Å². The summed E-state index contributed by atoms with van der Waals surface area (Å²) in [7, 11) is -3.96. The van der Waals surface area contributed by atoms with Crippen LogP contribution in [0, 0.1) is 6.92 Å². The van der Waals surface area contributed by atoms with Crippen molar-refractivity contribution >= 4 is 21.7 Å². The van der Waals surface area contributed by atoms with Crippen LogP contribution in [0.1, 0.15) is 16.7 Å². The zero-order valence-electron chi connectivity index (χ0n) is 14.2. The average molecular weight is 399 g/mol. The number of fused-ring (bicyclic) bond motifs is 1. The standard InChI is InChI=1S/C17H16F3N3O3S/c1-11-2-5-15(21-9-11)22-27(25,26)14-4-3-12-6-7-23(10-13(12)8-14)16(24)17(18,19)20/h2-5,8-9H,6-7,10H2,1H3,(H,21,22). The molecule has 0 saturated carbocycles. The fourth-order valence-corrected chi connectivity index (χ4v) is 3.84. The number of amides is 1. The van der Waals surface area contributed by atoms with E-state index < -0.39 is 22.1 Å². The summed E-state index contributed by atoms with van der Waals surface area (Å²) in [4.78, 5) is 16.0. The molecule has 2 aromatic rings. The van der Waals surface area contributed by atoms with Crippen molar-refractivity contribution < 1.29 is 26.4 Å². The molecule has 1 aromatic heterocycles. The van der Waals surface area contributed by atoms with Crippen LogP contribution in [-0.2, 0) is 27.8 Å². The molecule has 27 heavy (non-hydrogen) atoms. The number of nitrogens with one attached hydrogen (secondary N) is 1. The summed E-state index contributed by atoms with van der Waals surface area (Å²) in [6.45, 7) is 1.45. The Labute approximate surface area is 154 Å². The first-order chi connectivity index (χ1) is 12.6. The summed E-state index contributed by atoms with van der Waals surface area (Å²) in [6, 6.07) is 7.44. The van der Waals surface area contributed by atoms with Crippen molar-refractivity contribution in [2.45, 2.75) is 31.0 Å². The number of benzene rings is 1. The minimum atomic E-state index is -4.96. The summed E-state index contributed by atoms with van der Waals surface area (Å²) in [6.07, 6.45) is -3.23. The zero-order chi connectivity index (χ0) is 19.8. The number of hydrogen-bond acceptors (Lipinski definition) is 4. The number of carbonyl (C=O) groups excluding carboxylic acids is 1. The van der Waals surface area contributed by atoms with Gasteiger partial charge in [0.15, 0.2) is 0 Å². The summed E-state index contributed by atoms with van der Waals surface area (Å²) >= 11 is 0. The molecule has 0 atom stereocenters. The van der Waals surface area contributed by atoms with Crippen LogP contribution < -0.4 is 4.72 Å². The molecule has 0 spiro atoms. The highest BCUT2D eigenvalue weighted by Crippen LogP contribution is 2.27. The van der Waals surface area contributed by atoms with Gasteiger partial charge in [-0.05, 0) is 48.2 Å². The molecular formula is C17H16F3N3O3S. The van der Waals surface area contributed by atoms with Crippen LogP contribution in [0.25, 0.3) is 0 Å². The van der Waals surface area contributed by atoms with Crippen molar-refractivity contribution in [1.29, 1.82) is 0 Å². The number of pyridine rings is 1. The molecule has 144 valence electrons. The van der Waals surface area contributed by atoms with E-state index in [2.05, 4.69) is 9.71 Å². The molecule has 1 aromatic carbocycles. The molecule has 1 aliphatic rings. The van der Waals surface area contributed by atoms with Gasteiger partial charge < -0.3 is 4.90 Å². The largest absolute Gasteiger partial charge is 0.471 e. The number of sulfonamides is 1. The van der Waals surface area contributed by atoms with E-state index in [9.17, 15) is 26.4 Å². The van der Waals surface area contributed by atoms with E-state index in [4.69, 9.17) is 0 Å². The van der Waals surface area contributed by atoms with Gasteiger partial charge >= 0.3 is 12.1 Å². The lowest BCUT2D eigenvalue weighted by Crippen LogP contribution is -2.43. The highest BCUT2D eigenvalue weighted by molar-refractivity contribution is 7.92. The second-order valence-corrected chi connectivity index (χ2v) is 7.91. The predicted molar refractivity (Wildman–Crippen MR) is 91.4 cm³/mol. The Bertz CT molecular complexity index is 973. The Morgan fingerprint density at radius 3 is 2.56 bits per heavy atom. The molecule has 0 unspecified atom stereocenters. The van der Waals surface area contributed by atoms with Gasteiger partial charge in [-0.1, -0.05) is 12.1 Å². The van der Waals surface area contributed by atoms with Gasteiger partial charge in [0.05, 0.1) is 4.90 Å². The van der Waals surface area contributed by atoms with Gasteiger partial charge in [-0.3, -0.25) is 9.52 Å². The van der Waals surface area contributed by atoms with E-state index in [0.717, 1.165) is 5.56 Å². The van der Waals surface area contributed by atoms with Gasteiger partial charge in [-0.15, -0.1) is 0 Å². The lowest BCUT2D eigenvalue weighted by Gasteiger charge is -2.29.